The number of aromatic nitrogens is 2. The van der Waals surface area contributed by atoms with Gasteiger partial charge in [0.2, 0.25) is 11.8 Å². The minimum Gasteiger partial charge on any atom is -0.367 e. The molecule has 0 saturated carbocycles. The summed E-state index contributed by atoms with van der Waals surface area (Å²) in [6.07, 6.45) is 2.13. The predicted octanol–water partition coefficient (Wildman–Crippen LogP) is 1.25. The maximum Gasteiger partial charge on any atom is 0.329 e. The third-order valence-electron chi connectivity index (χ3n) is 1.74. The van der Waals surface area contributed by atoms with Gasteiger partial charge in [0.1, 0.15) is 6.20 Å². The van der Waals surface area contributed by atoms with E-state index in [4.69, 9.17) is 0 Å². The van der Waals surface area contributed by atoms with Crippen molar-refractivity contribution >= 4 is 17.5 Å². The van der Waals surface area contributed by atoms with Crippen LogP contribution < -0.4 is 10.6 Å². The minimum absolute atomic E-state index is 0.125. The number of nitro groups is 1. The van der Waals surface area contributed by atoms with Gasteiger partial charge in [-0.3, -0.25) is 10.1 Å². The molecule has 1 rings (SSSR count). The third-order valence-corrected chi connectivity index (χ3v) is 1.74. The Balaban J connectivity index is 2.92. The van der Waals surface area contributed by atoms with Gasteiger partial charge in [-0.1, -0.05) is 6.92 Å². The van der Waals surface area contributed by atoms with Crippen LogP contribution in [0.25, 0.3) is 0 Å². The van der Waals surface area contributed by atoms with E-state index in [2.05, 4.69) is 20.6 Å². The summed E-state index contributed by atoms with van der Waals surface area (Å²) in [7, 11) is 1.58. The highest BCUT2D eigenvalue weighted by Crippen LogP contribution is 2.20. The summed E-state index contributed by atoms with van der Waals surface area (Å²) in [6.45, 7) is 2.75. The Hall–Kier alpha value is -1.92. The monoisotopic (exact) mass is 211 g/mol. The quantitative estimate of drug-likeness (QED) is 0.562. The first-order valence-corrected chi connectivity index (χ1v) is 4.62. The van der Waals surface area contributed by atoms with Gasteiger partial charge in [-0.2, -0.15) is 4.98 Å². The molecule has 0 radical (unpaired) electrons. The Bertz CT molecular complexity index is 355. The molecule has 1 aromatic rings. The Morgan fingerprint density at radius 1 is 1.60 bits per heavy atom. The SMILES string of the molecule is CCCNc1ncc([N+](=O)[O-])c(NC)n1. The van der Waals surface area contributed by atoms with Crippen molar-refractivity contribution in [1.29, 1.82) is 0 Å². The number of nitrogens with zero attached hydrogens (tertiary/aromatic N) is 3. The molecule has 0 aliphatic carbocycles. The van der Waals surface area contributed by atoms with Crippen molar-refractivity contribution in [1.82, 2.24) is 9.97 Å². The lowest BCUT2D eigenvalue weighted by atomic mass is 10.4. The summed E-state index contributed by atoms with van der Waals surface area (Å²) in [5.74, 6) is 0.611. The molecule has 0 aromatic carbocycles. The van der Waals surface area contributed by atoms with Crippen LogP contribution in [0.5, 0.6) is 0 Å². The molecule has 7 nitrogen and oxygen atoms in total. The summed E-state index contributed by atoms with van der Waals surface area (Å²) in [4.78, 5) is 17.9. The van der Waals surface area contributed by atoms with Crippen LogP contribution in [0.4, 0.5) is 17.5 Å². The Kier molecular flexibility index (Phi) is 3.78. The second kappa shape index (κ2) is 5.08. The van der Waals surface area contributed by atoms with Gasteiger partial charge in [0, 0.05) is 13.6 Å². The lowest BCUT2D eigenvalue weighted by molar-refractivity contribution is -0.384. The molecule has 0 fully saturated rings. The molecule has 1 heterocycles. The van der Waals surface area contributed by atoms with Gasteiger partial charge in [0.15, 0.2) is 0 Å². The van der Waals surface area contributed by atoms with E-state index >= 15 is 0 Å². The topological polar surface area (TPSA) is 93.0 Å². The molecule has 0 aliphatic heterocycles. The van der Waals surface area contributed by atoms with E-state index in [9.17, 15) is 10.1 Å². The van der Waals surface area contributed by atoms with E-state index in [1.54, 1.807) is 7.05 Å². The number of anilines is 2. The van der Waals surface area contributed by atoms with Crippen molar-refractivity contribution in [2.75, 3.05) is 24.2 Å². The maximum atomic E-state index is 10.6. The molecule has 0 spiro atoms. The normalized spacial score (nSPS) is 9.73. The number of rotatable bonds is 5. The first-order valence-electron chi connectivity index (χ1n) is 4.62. The fourth-order valence-electron chi connectivity index (χ4n) is 1.02. The van der Waals surface area contributed by atoms with Gasteiger partial charge >= 0.3 is 5.69 Å². The minimum atomic E-state index is -0.518. The van der Waals surface area contributed by atoms with Gasteiger partial charge in [0.05, 0.1) is 4.92 Å². The summed E-state index contributed by atoms with van der Waals surface area (Å²) >= 11 is 0. The van der Waals surface area contributed by atoms with Crippen molar-refractivity contribution in [2.45, 2.75) is 13.3 Å². The van der Waals surface area contributed by atoms with E-state index in [1.165, 1.54) is 6.20 Å². The number of hydrogen-bond acceptors (Lipinski definition) is 6. The molecule has 82 valence electrons. The fourth-order valence-corrected chi connectivity index (χ4v) is 1.02. The van der Waals surface area contributed by atoms with Crippen LogP contribution in [0.2, 0.25) is 0 Å². The Morgan fingerprint density at radius 2 is 2.33 bits per heavy atom. The molecule has 0 aliphatic rings. The van der Waals surface area contributed by atoms with Crippen molar-refractivity contribution < 1.29 is 4.92 Å². The van der Waals surface area contributed by atoms with Crippen LogP contribution in [0.3, 0.4) is 0 Å². The standard InChI is InChI=1S/C8H13N5O2/c1-3-4-10-8-11-5-6(13(14)15)7(9-2)12-8/h5H,3-4H2,1-2H3,(H2,9,10,11,12). The van der Waals surface area contributed by atoms with Crippen molar-refractivity contribution in [3.05, 3.63) is 16.3 Å². The second-order valence-electron chi connectivity index (χ2n) is 2.86. The number of hydrogen-bond donors (Lipinski definition) is 2. The zero-order valence-corrected chi connectivity index (χ0v) is 8.65. The van der Waals surface area contributed by atoms with Crippen LogP contribution in [0.15, 0.2) is 6.20 Å². The van der Waals surface area contributed by atoms with E-state index < -0.39 is 4.92 Å². The molecular formula is C8H13N5O2. The lowest BCUT2D eigenvalue weighted by Gasteiger charge is -2.05. The second-order valence-corrected chi connectivity index (χ2v) is 2.86. The van der Waals surface area contributed by atoms with E-state index in [1.807, 2.05) is 6.92 Å². The molecule has 2 N–H and O–H groups in total. The predicted molar refractivity (Wildman–Crippen MR) is 57.0 cm³/mol. The van der Waals surface area contributed by atoms with Crippen LogP contribution >= 0.6 is 0 Å². The summed E-state index contributed by atoms with van der Waals surface area (Å²) < 4.78 is 0. The molecule has 0 atom stereocenters. The van der Waals surface area contributed by atoms with Gasteiger partial charge in [-0.25, -0.2) is 4.98 Å². The molecule has 1 aromatic heterocycles. The van der Waals surface area contributed by atoms with Crippen molar-refractivity contribution in [3.8, 4) is 0 Å². The van der Waals surface area contributed by atoms with Gasteiger partial charge in [0.25, 0.3) is 0 Å². The van der Waals surface area contributed by atoms with E-state index in [-0.39, 0.29) is 11.5 Å². The van der Waals surface area contributed by atoms with Gasteiger partial charge in [-0.05, 0) is 6.42 Å². The average molecular weight is 211 g/mol. The average Bonchev–Trinajstić information content (AvgIpc) is 2.25. The van der Waals surface area contributed by atoms with Crippen LogP contribution in [-0.4, -0.2) is 28.5 Å². The van der Waals surface area contributed by atoms with E-state index in [0.717, 1.165) is 13.0 Å². The summed E-state index contributed by atoms with van der Waals surface area (Å²) in [5.41, 5.74) is -0.125. The molecule has 0 unspecified atom stereocenters. The zero-order valence-electron chi connectivity index (χ0n) is 8.65. The highest BCUT2D eigenvalue weighted by atomic mass is 16.6. The lowest BCUT2D eigenvalue weighted by Crippen LogP contribution is -2.07. The zero-order chi connectivity index (χ0) is 11.3. The molecule has 0 amide bonds. The Morgan fingerprint density at radius 3 is 2.87 bits per heavy atom. The van der Waals surface area contributed by atoms with Crippen LogP contribution in [0, 0.1) is 10.1 Å². The third kappa shape index (κ3) is 2.76. The first kappa shape index (κ1) is 11.2. The largest absolute Gasteiger partial charge is 0.367 e. The van der Waals surface area contributed by atoms with Crippen molar-refractivity contribution in [3.63, 3.8) is 0 Å². The summed E-state index contributed by atoms with van der Waals surface area (Å²) in [5, 5.41) is 16.2. The van der Waals surface area contributed by atoms with Crippen LogP contribution in [0.1, 0.15) is 13.3 Å². The number of nitrogens with one attached hydrogen (secondary N) is 2. The van der Waals surface area contributed by atoms with Crippen LogP contribution in [-0.2, 0) is 0 Å². The molecule has 0 bridgehead atoms. The molecule has 15 heavy (non-hydrogen) atoms. The van der Waals surface area contributed by atoms with Gasteiger partial charge in [-0.15, -0.1) is 0 Å². The molecular weight excluding hydrogens is 198 g/mol. The molecule has 0 saturated heterocycles. The maximum absolute atomic E-state index is 10.6. The first-order chi connectivity index (χ1) is 7.19. The smallest absolute Gasteiger partial charge is 0.329 e. The highest BCUT2D eigenvalue weighted by molar-refractivity contribution is 5.56. The summed E-state index contributed by atoms with van der Waals surface area (Å²) in [6, 6.07) is 0. The van der Waals surface area contributed by atoms with E-state index in [0.29, 0.717) is 5.95 Å². The Labute approximate surface area is 87.1 Å². The van der Waals surface area contributed by atoms with Crippen molar-refractivity contribution in [2.24, 2.45) is 0 Å². The van der Waals surface area contributed by atoms with Gasteiger partial charge < -0.3 is 10.6 Å². The molecule has 7 heteroatoms. The fraction of sp³-hybridized carbons (Fsp3) is 0.500. The highest BCUT2D eigenvalue weighted by Gasteiger charge is 2.15.